The summed E-state index contributed by atoms with van der Waals surface area (Å²) in [5, 5.41) is 9.30. The van der Waals surface area contributed by atoms with Gasteiger partial charge in [0.25, 0.3) is 0 Å². The molecular formula is C12H22N4O2. The lowest BCUT2D eigenvalue weighted by atomic mass is 10.1. The monoisotopic (exact) mass is 254 g/mol. The number of aryl methyl sites for hydroxylation is 1. The van der Waals surface area contributed by atoms with E-state index in [1.54, 1.807) is 13.2 Å². The Balaban J connectivity index is 1.96. The number of aromatic amines is 1. The van der Waals surface area contributed by atoms with Gasteiger partial charge in [-0.2, -0.15) is 5.10 Å². The first-order valence-corrected chi connectivity index (χ1v) is 6.24. The van der Waals surface area contributed by atoms with Gasteiger partial charge in [0, 0.05) is 31.6 Å². The van der Waals surface area contributed by atoms with Gasteiger partial charge in [0.2, 0.25) is 5.91 Å². The fourth-order valence-electron chi connectivity index (χ4n) is 1.59. The topological polar surface area (TPSA) is 93.0 Å². The summed E-state index contributed by atoms with van der Waals surface area (Å²) in [6.45, 7) is 0.699. The zero-order valence-corrected chi connectivity index (χ0v) is 10.8. The third-order valence-electron chi connectivity index (χ3n) is 2.72. The molecule has 18 heavy (non-hydrogen) atoms. The van der Waals surface area contributed by atoms with E-state index in [9.17, 15) is 4.79 Å². The largest absolute Gasteiger partial charge is 0.372 e. The second-order valence-corrected chi connectivity index (χ2v) is 4.25. The van der Waals surface area contributed by atoms with E-state index in [1.807, 2.05) is 6.07 Å². The molecular weight excluding hydrogens is 232 g/mol. The fraction of sp³-hybridized carbons (Fsp3) is 0.667. The summed E-state index contributed by atoms with van der Waals surface area (Å²) in [6.07, 6.45) is 5.37. The van der Waals surface area contributed by atoms with Crippen molar-refractivity contribution in [2.75, 3.05) is 20.3 Å². The summed E-state index contributed by atoms with van der Waals surface area (Å²) in [6, 6.07) is 2.12. The minimum Gasteiger partial charge on any atom is -0.372 e. The second-order valence-electron chi connectivity index (χ2n) is 4.25. The van der Waals surface area contributed by atoms with Crippen LogP contribution in [0, 0.1) is 0 Å². The molecule has 0 bridgehead atoms. The van der Waals surface area contributed by atoms with Crippen molar-refractivity contribution in [3.8, 4) is 0 Å². The summed E-state index contributed by atoms with van der Waals surface area (Å²) in [5.41, 5.74) is 7.10. The molecule has 1 rings (SSSR count). The molecule has 0 saturated carbocycles. The molecule has 1 unspecified atom stereocenters. The smallest absolute Gasteiger partial charge is 0.245 e. The SMILES string of the molecule is CNC(=O)COCCCC(N)CCc1ccn[nH]1. The Kier molecular flexibility index (Phi) is 7.05. The van der Waals surface area contributed by atoms with Crippen LogP contribution in [-0.2, 0) is 16.0 Å². The maximum atomic E-state index is 10.9. The van der Waals surface area contributed by atoms with Crippen molar-refractivity contribution in [3.05, 3.63) is 18.0 Å². The average Bonchev–Trinajstić information content (AvgIpc) is 2.88. The van der Waals surface area contributed by atoms with Crippen LogP contribution < -0.4 is 11.1 Å². The number of nitrogens with zero attached hydrogens (tertiary/aromatic N) is 1. The zero-order chi connectivity index (χ0) is 13.2. The molecule has 1 atom stereocenters. The fourth-order valence-corrected chi connectivity index (χ4v) is 1.59. The number of nitrogens with one attached hydrogen (secondary N) is 2. The van der Waals surface area contributed by atoms with Crippen LogP contribution in [-0.4, -0.2) is 42.4 Å². The molecule has 6 nitrogen and oxygen atoms in total. The van der Waals surface area contributed by atoms with Crippen LogP contribution in [0.2, 0.25) is 0 Å². The Morgan fingerprint density at radius 3 is 3.11 bits per heavy atom. The number of nitrogens with two attached hydrogens (primary N) is 1. The molecule has 0 aliphatic carbocycles. The highest BCUT2D eigenvalue weighted by Gasteiger charge is 2.04. The molecule has 0 aliphatic rings. The minimum atomic E-state index is -0.0986. The molecule has 0 spiro atoms. The summed E-state index contributed by atoms with van der Waals surface area (Å²) < 4.78 is 5.20. The van der Waals surface area contributed by atoms with E-state index in [-0.39, 0.29) is 18.6 Å². The van der Waals surface area contributed by atoms with Crippen molar-refractivity contribution in [3.63, 3.8) is 0 Å². The molecule has 1 amide bonds. The summed E-state index contributed by atoms with van der Waals surface area (Å²) in [7, 11) is 1.59. The lowest BCUT2D eigenvalue weighted by molar-refractivity contribution is -0.125. The maximum absolute atomic E-state index is 10.9. The van der Waals surface area contributed by atoms with Gasteiger partial charge in [-0.1, -0.05) is 0 Å². The van der Waals surface area contributed by atoms with Gasteiger partial charge in [-0.15, -0.1) is 0 Å². The highest BCUT2D eigenvalue weighted by atomic mass is 16.5. The van der Waals surface area contributed by atoms with Crippen LogP contribution in [0.5, 0.6) is 0 Å². The standard InChI is InChI=1S/C12H22N4O2/c1-14-12(17)9-18-8-2-3-10(13)4-5-11-6-7-15-16-11/h6-7,10H,2-5,8-9,13H2,1H3,(H,14,17)(H,15,16). The number of rotatable bonds is 9. The normalized spacial score (nSPS) is 12.3. The number of amides is 1. The van der Waals surface area contributed by atoms with E-state index < -0.39 is 0 Å². The molecule has 1 heterocycles. The van der Waals surface area contributed by atoms with Gasteiger partial charge in [-0.3, -0.25) is 9.89 Å². The number of hydrogen-bond acceptors (Lipinski definition) is 4. The molecule has 0 radical (unpaired) electrons. The third kappa shape index (κ3) is 6.36. The van der Waals surface area contributed by atoms with E-state index in [4.69, 9.17) is 10.5 Å². The van der Waals surface area contributed by atoms with E-state index in [0.717, 1.165) is 31.4 Å². The summed E-state index contributed by atoms with van der Waals surface area (Å²) >= 11 is 0. The number of carbonyl (C=O) groups excluding carboxylic acids is 1. The summed E-state index contributed by atoms with van der Waals surface area (Å²) in [5.74, 6) is -0.0986. The Morgan fingerprint density at radius 2 is 2.44 bits per heavy atom. The molecule has 0 aromatic carbocycles. The first kappa shape index (κ1) is 14.7. The van der Waals surface area contributed by atoms with Crippen molar-refractivity contribution in [2.45, 2.75) is 31.7 Å². The number of H-pyrrole nitrogens is 1. The molecule has 0 fully saturated rings. The second kappa shape index (κ2) is 8.66. The van der Waals surface area contributed by atoms with Crippen LogP contribution in [0.3, 0.4) is 0 Å². The van der Waals surface area contributed by atoms with Crippen LogP contribution in [0.15, 0.2) is 12.3 Å². The van der Waals surface area contributed by atoms with Crippen molar-refractivity contribution >= 4 is 5.91 Å². The van der Waals surface area contributed by atoms with E-state index >= 15 is 0 Å². The molecule has 0 saturated heterocycles. The van der Waals surface area contributed by atoms with Crippen molar-refractivity contribution < 1.29 is 9.53 Å². The van der Waals surface area contributed by atoms with Gasteiger partial charge in [0.15, 0.2) is 0 Å². The Labute approximate surface area is 107 Å². The Bertz CT molecular complexity index is 327. The number of aromatic nitrogens is 2. The number of likely N-dealkylation sites (N-methyl/N-ethyl adjacent to an activating group) is 1. The minimum absolute atomic E-state index is 0.0986. The average molecular weight is 254 g/mol. The van der Waals surface area contributed by atoms with Crippen molar-refractivity contribution in [2.24, 2.45) is 5.73 Å². The number of ether oxygens (including phenoxy) is 1. The highest BCUT2D eigenvalue weighted by molar-refractivity contribution is 5.76. The highest BCUT2D eigenvalue weighted by Crippen LogP contribution is 2.04. The van der Waals surface area contributed by atoms with Gasteiger partial charge in [0.05, 0.1) is 0 Å². The lowest BCUT2D eigenvalue weighted by Crippen LogP contribution is -2.24. The van der Waals surface area contributed by atoms with E-state index in [1.165, 1.54) is 0 Å². The van der Waals surface area contributed by atoms with Crippen LogP contribution in [0.4, 0.5) is 0 Å². The molecule has 102 valence electrons. The van der Waals surface area contributed by atoms with E-state index in [2.05, 4.69) is 15.5 Å². The van der Waals surface area contributed by atoms with Gasteiger partial charge < -0.3 is 15.8 Å². The summed E-state index contributed by atoms with van der Waals surface area (Å²) in [4.78, 5) is 10.9. The molecule has 1 aromatic rings. The first-order valence-electron chi connectivity index (χ1n) is 6.24. The quantitative estimate of drug-likeness (QED) is 0.549. The predicted molar refractivity (Wildman–Crippen MR) is 69.0 cm³/mol. The molecule has 0 aliphatic heterocycles. The van der Waals surface area contributed by atoms with Crippen LogP contribution >= 0.6 is 0 Å². The van der Waals surface area contributed by atoms with Crippen LogP contribution in [0.1, 0.15) is 25.0 Å². The number of hydrogen-bond donors (Lipinski definition) is 3. The molecule has 4 N–H and O–H groups in total. The van der Waals surface area contributed by atoms with Gasteiger partial charge >= 0.3 is 0 Å². The molecule has 6 heteroatoms. The zero-order valence-electron chi connectivity index (χ0n) is 10.8. The van der Waals surface area contributed by atoms with Crippen molar-refractivity contribution in [1.29, 1.82) is 0 Å². The van der Waals surface area contributed by atoms with Gasteiger partial charge in [0.1, 0.15) is 6.61 Å². The predicted octanol–water partition coefficient (Wildman–Crippen LogP) is 0.212. The third-order valence-corrected chi connectivity index (χ3v) is 2.72. The lowest BCUT2D eigenvalue weighted by Gasteiger charge is -2.10. The van der Waals surface area contributed by atoms with Crippen molar-refractivity contribution in [1.82, 2.24) is 15.5 Å². The van der Waals surface area contributed by atoms with Crippen LogP contribution in [0.25, 0.3) is 0 Å². The van der Waals surface area contributed by atoms with Gasteiger partial charge in [-0.05, 0) is 31.7 Å². The Morgan fingerprint density at radius 1 is 1.61 bits per heavy atom. The first-order chi connectivity index (χ1) is 8.72. The Hall–Kier alpha value is -1.40. The number of carbonyl (C=O) groups is 1. The van der Waals surface area contributed by atoms with Gasteiger partial charge in [-0.25, -0.2) is 0 Å². The maximum Gasteiger partial charge on any atom is 0.245 e. The van der Waals surface area contributed by atoms with E-state index in [0.29, 0.717) is 6.61 Å². The molecule has 1 aromatic heterocycles.